The van der Waals surface area contributed by atoms with Gasteiger partial charge in [-0.25, -0.2) is 9.78 Å². The number of hydrogen-bond donors (Lipinski definition) is 1. The fourth-order valence-electron chi connectivity index (χ4n) is 3.12. The first kappa shape index (κ1) is 18.3. The van der Waals surface area contributed by atoms with Crippen molar-refractivity contribution in [1.29, 1.82) is 5.26 Å². The number of carbonyl (C=O) groups excluding carboxylic acids is 2. The normalized spacial score (nSPS) is 12.9. The molecule has 0 saturated heterocycles. The number of para-hydroxylation sites is 2. The van der Waals surface area contributed by atoms with Crippen LogP contribution >= 0.6 is 0 Å². The van der Waals surface area contributed by atoms with E-state index in [1.807, 2.05) is 54.6 Å². The summed E-state index contributed by atoms with van der Waals surface area (Å²) in [7, 11) is 1.26. The van der Waals surface area contributed by atoms with Gasteiger partial charge in [0, 0.05) is 23.1 Å². The second kappa shape index (κ2) is 7.83. The summed E-state index contributed by atoms with van der Waals surface area (Å²) < 4.78 is 4.82. The van der Waals surface area contributed by atoms with Gasteiger partial charge in [0.1, 0.15) is 6.04 Å². The summed E-state index contributed by atoms with van der Waals surface area (Å²) in [5.74, 6) is -1.36. The number of nitriles is 1. The number of nitrogens with zero attached hydrogens (tertiary/aromatic N) is 2. The summed E-state index contributed by atoms with van der Waals surface area (Å²) in [6, 6.07) is 15.9. The topological polar surface area (TPSA) is 92.1 Å². The molecule has 6 heteroatoms. The molecule has 27 heavy (non-hydrogen) atoms. The lowest BCUT2D eigenvalue weighted by molar-refractivity contribution is -0.144. The van der Waals surface area contributed by atoms with Gasteiger partial charge < -0.3 is 10.1 Å². The Balaban J connectivity index is 2.10. The highest BCUT2D eigenvalue weighted by Gasteiger charge is 2.29. The third-order valence-electron chi connectivity index (χ3n) is 4.54. The van der Waals surface area contributed by atoms with Crippen LogP contribution in [0.3, 0.4) is 0 Å². The Bertz CT molecular complexity index is 1000. The predicted octanol–water partition coefficient (Wildman–Crippen LogP) is 3.21. The second-order valence-corrected chi connectivity index (χ2v) is 6.33. The molecule has 0 aliphatic rings. The first-order chi connectivity index (χ1) is 13.1. The molecule has 136 valence electrons. The maximum atomic E-state index is 13.2. The Morgan fingerprint density at radius 2 is 1.67 bits per heavy atom. The molecule has 0 unspecified atom stereocenters. The molecule has 1 amide bonds. The number of pyridine rings is 1. The van der Waals surface area contributed by atoms with Gasteiger partial charge in [0.15, 0.2) is 0 Å². The van der Waals surface area contributed by atoms with E-state index < -0.39 is 17.9 Å². The minimum Gasteiger partial charge on any atom is -0.467 e. The van der Waals surface area contributed by atoms with Crippen molar-refractivity contribution in [2.45, 2.75) is 19.4 Å². The van der Waals surface area contributed by atoms with Crippen LogP contribution in [0, 0.1) is 17.2 Å². The predicted molar refractivity (Wildman–Crippen MR) is 102 cm³/mol. The van der Waals surface area contributed by atoms with Crippen LogP contribution in [0.5, 0.6) is 0 Å². The van der Waals surface area contributed by atoms with Gasteiger partial charge in [0.25, 0.3) is 5.91 Å². The van der Waals surface area contributed by atoms with E-state index in [0.29, 0.717) is 27.4 Å². The van der Waals surface area contributed by atoms with Gasteiger partial charge >= 0.3 is 5.97 Å². The summed E-state index contributed by atoms with van der Waals surface area (Å²) in [6.45, 7) is 1.73. The molecule has 0 spiro atoms. The number of nitrogens with one attached hydrogen (secondary N) is 1. The van der Waals surface area contributed by atoms with Gasteiger partial charge in [0.05, 0.1) is 29.8 Å². The zero-order valence-electron chi connectivity index (χ0n) is 15.1. The lowest BCUT2D eigenvalue weighted by atomic mass is 9.97. The SMILES string of the molecule is COC(=O)[C@H](NC(=O)c1c2ccccc2nc2ccccc12)[C@@H](C)CC#N. The van der Waals surface area contributed by atoms with Gasteiger partial charge in [-0.05, 0) is 12.1 Å². The average Bonchev–Trinajstić information content (AvgIpc) is 2.69. The third-order valence-corrected chi connectivity index (χ3v) is 4.54. The Hall–Kier alpha value is -3.46. The standard InChI is InChI=1S/C21H19N3O3/c1-13(11-12-22)19(21(26)27-2)24-20(25)18-14-7-3-5-9-16(14)23-17-10-6-4-8-15(17)18/h3-10,13,19H,11H2,1-2H3,(H,24,25)/t13-,19+/m0/s1. The molecule has 3 rings (SSSR count). The van der Waals surface area contributed by atoms with E-state index in [1.165, 1.54) is 7.11 Å². The van der Waals surface area contributed by atoms with E-state index in [-0.39, 0.29) is 12.3 Å². The summed E-state index contributed by atoms with van der Waals surface area (Å²) in [6.07, 6.45) is 0.123. The van der Waals surface area contributed by atoms with Crippen LogP contribution < -0.4 is 5.32 Å². The van der Waals surface area contributed by atoms with Gasteiger partial charge in [-0.15, -0.1) is 0 Å². The van der Waals surface area contributed by atoms with E-state index in [9.17, 15) is 9.59 Å². The highest BCUT2D eigenvalue weighted by Crippen LogP contribution is 2.26. The molecule has 0 aliphatic carbocycles. The number of carbonyl (C=O) groups is 2. The van der Waals surface area contributed by atoms with Crippen molar-refractivity contribution in [1.82, 2.24) is 10.3 Å². The van der Waals surface area contributed by atoms with Crippen LogP contribution in [-0.2, 0) is 9.53 Å². The molecule has 0 saturated carbocycles. The molecule has 2 atom stereocenters. The molecule has 6 nitrogen and oxygen atoms in total. The minimum absolute atomic E-state index is 0.123. The number of methoxy groups -OCH3 is 1. The fourth-order valence-corrected chi connectivity index (χ4v) is 3.12. The Labute approximate surface area is 156 Å². The summed E-state index contributed by atoms with van der Waals surface area (Å²) in [5, 5.41) is 13.1. The first-order valence-corrected chi connectivity index (χ1v) is 8.60. The summed E-state index contributed by atoms with van der Waals surface area (Å²) in [4.78, 5) is 29.9. The molecular formula is C21H19N3O3. The van der Waals surface area contributed by atoms with Gasteiger partial charge in [-0.3, -0.25) is 4.79 Å². The number of benzene rings is 2. The van der Waals surface area contributed by atoms with Gasteiger partial charge in [-0.1, -0.05) is 43.3 Å². The van der Waals surface area contributed by atoms with E-state index in [4.69, 9.17) is 10.00 Å². The molecule has 1 aromatic heterocycles. The van der Waals surface area contributed by atoms with E-state index >= 15 is 0 Å². The highest BCUT2D eigenvalue weighted by molar-refractivity contribution is 6.16. The minimum atomic E-state index is -0.909. The average molecular weight is 361 g/mol. The van der Waals surface area contributed by atoms with Crippen molar-refractivity contribution < 1.29 is 14.3 Å². The van der Waals surface area contributed by atoms with Crippen LogP contribution in [0.2, 0.25) is 0 Å². The van der Waals surface area contributed by atoms with Crippen molar-refractivity contribution in [3.63, 3.8) is 0 Å². The van der Waals surface area contributed by atoms with E-state index in [0.717, 1.165) is 0 Å². The van der Waals surface area contributed by atoms with Gasteiger partial charge in [0.2, 0.25) is 0 Å². The number of ether oxygens (including phenoxy) is 1. The van der Waals surface area contributed by atoms with Crippen molar-refractivity contribution in [2.24, 2.45) is 5.92 Å². The van der Waals surface area contributed by atoms with E-state index in [1.54, 1.807) is 6.92 Å². The third kappa shape index (κ3) is 3.58. The largest absolute Gasteiger partial charge is 0.467 e. The van der Waals surface area contributed by atoms with Crippen molar-refractivity contribution in [3.8, 4) is 6.07 Å². The number of fused-ring (bicyclic) bond motifs is 2. The molecule has 1 N–H and O–H groups in total. The van der Waals surface area contributed by atoms with Crippen LogP contribution in [0.15, 0.2) is 48.5 Å². The molecule has 2 aromatic carbocycles. The van der Waals surface area contributed by atoms with Gasteiger partial charge in [-0.2, -0.15) is 5.26 Å². The zero-order chi connectivity index (χ0) is 19.4. The fraction of sp³-hybridized carbons (Fsp3) is 0.238. The summed E-state index contributed by atoms with van der Waals surface area (Å²) in [5.41, 5.74) is 1.84. The molecule has 0 radical (unpaired) electrons. The zero-order valence-corrected chi connectivity index (χ0v) is 15.1. The smallest absolute Gasteiger partial charge is 0.328 e. The molecule has 1 heterocycles. The molecular weight excluding hydrogens is 342 g/mol. The van der Waals surface area contributed by atoms with Crippen LogP contribution in [0.25, 0.3) is 21.8 Å². The quantitative estimate of drug-likeness (QED) is 0.556. The Morgan fingerprint density at radius 3 is 2.19 bits per heavy atom. The molecule has 0 bridgehead atoms. The Kier molecular flexibility index (Phi) is 5.32. The number of aromatic nitrogens is 1. The molecule has 3 aromatic rings. The Morgan fingerprint density at radius 1 is 1.11 bits per heavy atom. The van der Waals surface area contributed by atoms with Crippen LogP contribution in [0.4, 0.5) is 0 Å². The number of esters is 1. The molecule has 0 fully saturated rings. The van der Waals surface area contributed by atoms with Crippen molar-refractivity contribution in [3.05, 3.63) is 54.1 Å². The number of hydrogen-bond acceptors (Lipinski definition) is 5. The maximum Gasteiger partial charge on any atom is 0.328 e. The number of amides is 1. The van der Waals surface area contributed by atoms with Crippen LogP contribution in [-0.4, -0.2) is 30.0 Å². The van der Waals surface area contributed by atoms with Crippen molar-refractivity contribution >= 4 is 33.7 Å². The second-order valence-electron chi connectivity index (χ2n) is 6.33. The highest BCUT2D eigenvalue weighted by atomic mass is 16.5. The van der Waals surface area contributed by atoms with Crippen LogP contribution in [0.1, 0.15) is 23.7 Å². The number of rotatable bonds is 5. The van der Waals surface area contributed by atoms with E-state index in [2.05, 4.69) is 10.3 Å². The monoisotopic (exact) mass is 361 g/mol. The lowest BCUT2D eigenvalue weighted by Crippen LogP contribution is -2.45. The van der Waals surface area contributed by atoms with Crippen molar-refractivity contribution in [2.75, 3.05) is 7.11 Å². The first-order valence-electron chi connectivity index (χ1n) is 8.60. The molecule has 0 aliphatic heterocycles. The maximum absolute atomic E-state index is 13.2. The lowest BCUT2D eigenvalue weighted by Gasteiger charge is -2.22. The summed E-state index contributed by atoms with van der Waals surface area (Å²) >= 11 is 0.